The summed E-state index contributed by atoms with van der Waals surface area (Å²) >= 11 is 6.05. The van der Waals surface area contributed by atoms with Gasteiger partial charge in [-0.15, -0.1) is 0 Å². The molecule has 0 saturated heterocycles. The Morgan fingerprint density at radius 1 is 1.00 bits per heavy atom. The molecule has 0 aliphatic rings. The molecule has 0 fully saturated rings. The summed E-state index contributed by atoms with van der Waals surface area (Å²) in [7, 11) is 1.47. The Labute approximate surface area is 103 Å². The number of hydrogen-bond donors (Lipinski definition) is 0. The summed E-state index contributed by atoms with van der Waals surface area (Å²) in [6.45, 7) is 0. The molecule has 0 aromatic heterocycles. The molecule has 0 aliphatic heterocycles. The average molecular weight is 255 g/mol. The van der Waals surface area contributed by atoms with E-state index in [1.165, 1.54) is 19.2 Å². The molecule has 2 aromatic carbocycles. The van der Waals surface area contributed by atoms with Crippen LogP contribution in [-0.2, 0) is 0 Å². The maximum atomic E-state index is 13.6. The van der Waals surface area contributed by atoms with Crippen molar-refractivity contribution in [1.82, 2.24) is 0 Å². The van der Waals surface area contributed by atoms with E-state index in [2.05, 4.69) is 0 Å². The highest BCUT2D eigenvalue weighted by Crippen LogP contribution is 2.36. The van der Waals surface area contributed by atoms with Crippen LogP contribution in [0.2, 0.25) is 5.02 Å². The van der Waals surface area contributed by atoms with Gasteiger partial charge in [0.15, 0.2) is 11.6 Å². The van der Waals surface area contributed by atoms with Crippen molar-refractivity contribution in [3.8, 4) is 16.9 Å². The van der Waals surface area contributed by atoms with Crippen molar-refractivity contribution < 1.29 is 13.5 Å². The molecular formula is C13H9ClF2O. The third kappa shape index (κ3) is 2.11. The first-order valence-corrected chi connectivity index (χ1v) is 5.30. The minimum atomic E-state index is -0.914. The molecule has 4 heteroatoms. The fourth-order valence-electron chi connectivity index (χ4n) is 1.59. The molecule has 88 valence electrons. The van der Waals surface area contributed by atoms with Gasteiger partial charge in [-0.3, -0.25) is 0 Å². The zero-order chi connectivity index (χ0) is 12.4. The van der Waals surface area contributed by atoms with E-state index >= 15 is 0 Å². The molecule has 0 bridgehead atoms. The van der Waals surface area contributed by atoms with Crippen molar-refractivity contribution in [3.63, 3.8) is 0 Å². The quantitative estimate of drug-likeness (QED) is 0.777. The second-order valence-electron chi connectivity index (χ2n) is 3.42. The molecule has 2 rings (SSSR count). The number of benzene rings is 2. The predicted octanol–water partition coefficient (Wildman–Crippen LogP) is 4.29. The molecule has 1 nitrogen and oxygen atoms in total. The number of hydrogen-bond acceptors (Lipinski definition) is 1. The zero-order valence-electron chi connectivity index (χ0n) is 9.01. The van der Waals surface area contributed by atoms with Crippen LogP contribution in [0.4, 0.5) is 8.78 Å². The first-order chi connectivity index (χ1) is 8.15. The Bertz CT molecular complexity index is 555. The first-order valence-electron chi connectivity index (χ1n) is 4.92. The van der Waals surface area contributed by atoms with Crippen molar-refractivity contribution in [2.45, 2.75) is 0 Å². The van der Waals surface area contributed by atoms with Crippen LogP contribution in [0.25, 0.3) is 11.1 Å². The van der Waals surface area contributed by atoms with Gasteiger partial charge in [0.25, 0.3) is 0 Å². The summed E-state index contributed by atoms with van der Waals surface area (Å²) in [5.41, 5.74) is 0.525. The van der Waals surface area contributed by atoms with Gasteiger partial charge in [-0.25, -0.2) is 8.78 Å². The molecule has 17 heavy (non-hydrogen) atoms. The van der Waals surface area contributed by atoms with Crippen molar-refractivity contribution in [2.75, 3.05) is 7.11 Å². The standard InChI is InChI=1S/C13H9ClF2O/c1-17-11-7-3-4-8(12(11)14)9-5-2-6-10(15)13(9)16/h2-7H,1H3. The van der Waals surface area contributed by atoms with Crippen LogP contribution in [0, 0.1) is 11.6 Å². The van der Waals surface area contributed by atoms with E-state index in [0.29, 0.717) is 11.3 Å². The van der Waals surface area contributed by atoms with Crippen molar-refractivity contribution in [3.05, 3.63) is 53.1 Å². The molecule has 0 atom stereocenters. The lowest BCUT2D eigenvalue weighted by Crippen LogP contribution is -1.91. The maximum absolute atomic E-state index is 13.6. The summed E-state index contributed by atoms with van der Waals surface area (Å²) in [6, 6.07) is 8.91. The van der Waals surface area contributed by atoms with E-state index in [0.717, 1.165) is 6.07 Å². The molecule has 0 aliphatic carbocycles. The van der Waals surface area contributed by atoms with Gasteiger partial charge in [0, 0.05) is 11.1 Å². The topological polar surface area (TPSA) is 9.23 Å². The van der Waals surface area contributed by atoms with E-state index < -0.39 is 11.6 Å². The molecule has 0 heterocycles. The summed E-state index contributed by atoms with van der Waals surface area (Å²) in [4.78, 5) is 0. The number of halogens is 3. The second-order valence-corrected chi connectivity index (χ2v) is 3.80. The minimum absolute atomic E-state index is 0.119. The van der Waals surface area contributed by atoms with Crippen LogP contribution < -0.4 is 4.74 Å². The lowest BCUT2D eigenvalue weighted by atomic mass is 10.0. The summed E-state index contributed by atoms with van der Waals surface area (Å²) < 4.78 is 31.8. The Hall–Kier alpha value is -1.61. The highest BCUT2D eigenvalue weighted by Gasteiger charge is 2.14. The van der Waals surface area contributed by atoms with Gasteiger partial charge in [0.1, 0.15) is 5.75 Å². The monoisotopic (exact) mass is 254 g/mol. The van der Waals surface area contributed by atoms with Crippen LogP contribution in [0.3, 0.4) is 0 Å². The smallest absolute Gasteiger partial charge is 0.166 e. The first kappa shape index (κ1) is 11.9. The average Bonchev–Trinajstić information content (AvgIpc) is 2.33. The fraction of sp³-hybridized carbons (Fsp3) is 0.0769. The summed E-state index contributed by atoms with van der Waals surface area (Å²) in [5, 5.41) is 0.263. The summed E-state index contributed by atoms with van der Waals surface area (Å²) in [6.07, 6.45) is 0. The Morgan fingerprint density at radius 3 is 2.35 bits per heavy atom. The van der Waals surface area contributed by atoms with Crippen LogP contribution in [-0.4, -0.2) is 7.11 Å². The van der Waals surface area contributed by atoms with E-state index in [9.17, 15) is 8.78 Å². The Kier molecular flexibility index (Phi) is 3.29. The van der Waals surface area contributed by atoms with Gasteiger partial charge in [-0.05, 0) is 12.1 Å². The van der Waals surface area contributed by atoms with Gasteiger partial charge in [-0.2, -0.15) is 0 Å². The van der Waals surface area contributed by atoms with Crippen LogP contribution in [0.1, 0.15) is 0 Å². The molecule has 0 radical (unpaired) electrons. The Balaban J connectivity index is 2.65. The van der Waals surface area contributed by atoms with Crippen molar-refractivity contribution >= 4 is 11.6 Å². The lowest BCUT2D eigenvalue weighted by molar-refractivity contribution is 0.415. The predicted molar refractivity (Wildman–Crippen MR) is 63.4 cm³/mol. The van der Waals surface area contributed by atoms with Gasteiger partial charge < -0.3 is 4.74 Å². The zero-order valence-corrected chi connectivity index (χ0v) is 9.76. The normalized spacial score (nSPS) is 10.4. The van der Waals surface area contributed by atoms with E-state index in [4.69, 9.17) is 16.3 Å². The summed E-state index contributed by atoms with van der Waals surface area (Å²) in [5.74, 6) is -1.39. The largest absolute Gasteiger partial charge is 0.495 e. The third-order valence-corrected chi connectivity index (χ3v) is 2.81. The highest BCUT2D eigenvalue weighted by molar-refractivity contribution is 6.34. The molecular weight excluding hydrogens is 246 g/mol. The number of ether oxygens (including phenoxy) is 1. The van der Waals surface area contributed by atoms with Crippen LogP contribution in [0.5, 0.6) is 5.75 Å². The highest BCUT2D eigenvalue weighted by atomic mass is 35.5. The minimum Gasteiger partial charge on any atom is -0.495 e. The Morgan fingerprint density at radius 2 is 1.65 bits per heavy atom. The molecule has 0 amide bonds. The number of rotatable bonds is 2. The van der Waals surface area contributed by atoms with Crippen LogP contribution in [0.15, 0.2) is 36.4 Å². The van der Waals surface area contributed by atoms with Gasteiger partial charge >= 0.3 is 0 Å². The second kappa shape index (κ2) is 4.72. The van der Waals surface area contributed by atoms with E-state index in [-0.39, 0.29) is 10.6 Å². The maximum Gasteiger partial charge on any atom is 0.166 e. The van der Waals surface area contributed by atoms with E-state index in [1.807, 2.05) is 0 Å². The van der Waals surface area contributed by atoms with Gasteiger partial charge in [-0.1, -0.05) is 35.9 Å². The molecule has 0 saturated carbocycles. The SMILES string of the molecule is COc1cccc(-c2cccc(F)c2F)c1Cl. The molecule has 0 N–H and O–H groups in total. The number of methoxy groups -OCH3 is 1. The van der Waals surface area contributed by atoms with E-state index in [1.54, 1.807) is 18.2 Å². The van der Waals surface area contributed by atoms with Crippen molar-refractivity contribution in [2.24, 2.45) is 0 Å². The lowest BCUT2D eigenvalue weighted by Gasteiger charge is -2.09. The third-order valence-electron chi connectivity index (χ3n) is 2.42. The van der Waals surface area contributed by atoms with Crippen LogP contribution >= 0.6 is 11.6 Å². The van der Waals surface area contributed by atoms with Gasteiger partial charge in [0.2, 0.25) is 0 Å². The molecule has 2 aromatic rings. The molecule has 0 spiro atoms. The van der Waals surface area contributed by atoms with Crippen molar-refractivity contribution in [1.29, 1.82) is 0 Å². The van der Waals surface area contributed by atoms with Gasteiger partial charge in [0.05, 0.1) is 12.1 Å². The molecule has 0 unspecified atom stereocenters. The fourth-order valence-corrected chi connectivity index (χ4v) is 1.89.